The minimum absolute atomic E-state index is 0.0515. The molecule has 0 saturated carbocycles. The number of piperidine rings is 1. The second kappa shape index (κ2) is 7.59. The molecule has 1 aliphatic rings. The second-order valence-electron chi connectivity index (χ2n) is 7.37. The van der Waals surface area contributed by atoms with Crippen LogP contribution < -0.4 is 10.1 Å². The van der Waals surface area contributed by atoms with Crippen LogP contribution in [0.5, 0.6) is 5.75 Å². The van der Waals surface area contributed by atoms with Crippen LogP contribution in [0.25, 0.3) is 0 Å². The van der Waals surface area contributed by atoms with Gasteiger partial charge in [0.2, 0.25) is 0 Å². The van der Waals surface area contributed by atoms with E-state index in [1.807, 2.05) is 27.7 Å². The predicted molar refractivity (Wildman–Crippen MR) is 89.9 cm³/mol. The van der Waals surface area contributed by atoms with Gasteiger partial charge < -0.3 is 19.7 Å². The average molecular weight is 375 g/mol. The van der Waals surface area contributed by atoms with E-state index in [0.717, 1.165) is 6.20 Å². The summed E-state index contributed by atoms with van der Waals surface area (Å²) in [7, 11) is 0. The second-order valence-corrected chi connectivity index (χ2v) is 7.37. The molecule has 26 heavy (non-hydrogen) atoms. The lowest BCUT2D eigenvalue weighted by molar-refractivity contribution is -0.274. The summed E-state index contributed by atoms with van der Waals surface area (Å²) >= 11 is 0. The fourth-order valence-electron chi connectivity index (χ4n) is 2.70. The number of alkyl halides is 3. The summed E-state index contributed by atoms with van der Waals surface area (Å²) in [6.45, 7) is 8.52. The first-order chi connectivity index (χ1) is 11.9. The largest absolute Gasteiger partial charge is 0.573 e. The summed E-state index contributed by atoms with van der Waals surface area (Å²) in [5.41, 5.74) is -0.542. The van der Waals surface area contributed by atoms with E-state index in [1.165, 1.54) is 12.1 Å². The maximum Gasteiger partial charge on any atom is 0.573 e. The van der Waals surface area contributed by atoms with Gasteiger partial charge in [-0.2, -0.15) is 0 Å². The quantitative estimate of drug-likeness (QED) is 0.864. The van der Waals surface area contributed by atoms with E-state index in [2.05, 4.69) is 15.0 Å². The minimum atomic E-state index is -4.74. The number of pyridine rings is 1. The molecule has 1 fully saturated rings. The van der Waals surface area contributed by atoms with Gasteiger partial charge in [-0.15, -0.1) is 13.2 Å². The van der Waals surface area contributed by atoms with Gasteiger partial charge in [0, 0.05) is 19.1 Å². The molecule has 2 atom stereocenters. The third-order valence-electron chi connectivity index (χ3n) is 3.86. The minimum Gasteiger partial charge on any atom is -0.444 e. The van der Waals surface area contributed by atoms with Crippen LogP contribution in [0, 0.1) is 5.92 Å². The van der Waals surface area contributed by atoms with E-state index >= 15 is 0 Å². The van der Waals surface area contributed by atoms with Gasteiger partial charge in [0.05, 0.1) is 6.20 Å². The average Bonchev–Trinajstić information content (AvgIpc) is 2.48. The van der Waals surface area contributed by atoms with Gasteiger partial charge in [-0.05, 0) is 45.2 Å². The molecule has 1 aliphatic heterocycles. The highest BCUT2D eigenvalue weighted by Gasteiger charge is 2.32. The third kappa shape index (κ3) is 6.27. The first-order valence-electron chi connectivity index (χ1n) is 8.39. The van der Waals surface area contributed by atoms with Gasteiger partial charge in [0.25, 0.3) is 0 Å². The number of rotatable bonds is 3. The smallest absolute Gasteiger partial charge is 0.444 e. The normalized spacial score (nSPS) is 21.3. The Morgan fingerprint density at radius 3 is 2.50 bits per heavy atom. The van der Waals surface area contributed by atoms with E-state index in [0.29, 0.717) is 25.3 Å². The Labute approximate surface area is 150 Å². The molecule has 1 aromatic rings. The molecule has 0 bridgehead atoms. The zero-order chi connectivity index (χ0) is 19.5. The molecule has 146 valence electrons. The molecule has 0 aliphatic carbocycles. The van der Waals surface area contributed by atoms with Crippen molar-refractivity contribution >= 4 is 11.9 Å². The van der Waals surface area contributed by atoms with E-state index in [-0.39, 0.29) is 23.8 Å². The molecule has 0 radical (unpaired) electrons. The van der Waals surface area contributed by atoms with Crippen molar-refractivity contribution in [1.82, 2.24) is 9.88 Å². The van der Waals surface area contributed by atoms with Gasteiger partial charge in [-0.25, -0.2) is 9.78 Å². The number of carbonyl (C=O) groups excluding carboxylic acids is 1. The maximum atomic E-state index is 12.2. The van der Waals surface area contributed by atoms with E-state index in [9.17, 15) is 18.0 Å². The summed E-state index contributed by atoms with van der Waals surface area (Å²) in [5, 5.41) is 3.20. The van der Waals surface area contributed by atoms with Crippen molar-refractivity contribution < 1.29 is 27.4 Å². The molecule has 1 saturated heterocycles. The van der Waals surface area contributed by atoms with Crippen LogP contribution in [-0.2, 0) is 4.74 Å². The van der Waals surface area contributed by atoms with Crippen LogP contribution in [0.2, 0.25) is 0 Å². The number of carbonyl (C=O) groups is 1. The Balaban J connectivity index is 1.89. The van der Waals surface area contributed by atoms with E-state index in [4.69, 9.17) is 4.74 Å². The highest BCUT2D eigenvalue weighted by Crippen LogP contribution is 2.25. The molecule has 1 N–H and O–H groups in total. The molecule has 2 unspecified atom stereocenters. The fourth-order valence-corrected chi connectivity index (χ4v) is 2.70. The molecular weight excluding hydrogens is 351 g/mol. The maximum absolute atomic E-state index is 12.2. The zero-order valence-corrected chi connectivity index (χ0v) is 15.3. The Morgan fingerprint density at radius 2 is 2.00 bits per heavy atom. The molecule has 6 nitrogen and oxygen atoms in total. The van der Waals surface area contributed by atoms with Crippen molar-refractivity contribution in [3.05, 3.63) is 18.3 Å². The van der Waals surface area contributed by atoms with E-state index < -0.39 is 12.0 Å². The van der Waals surface area contributed by atoms with Crippen molar-refractivity contribution in [2.24, 2.45) is 5.92 Å². The molecular formula is C17H24F3N3O3. The number of anilines is 1. The van der Waals surface area contributed by atoms with Gasteiger partial charge in [0.15, 0.2) is 0 Å². The van der Waals surface area contributed by atoms with Crippen LogP contribution in [0.15, 0.2) is 18.3 Å². The summed E-state index contributed by atoms with van der Waals surface area (Å²) in [6, 6.07) is 2.70. The number of halogens is 3. The molecule has 1 aromatic heterocycles. The molecule has 2 rings (SSSR count). The number of amides is 1. The Morgan fingerprint density at radius 1 is 1.31 bits per heavy atom. The standard InChI is InChI=1S/C17H24F3N3O3/c1-11-10-23(15(24)26-16(2,3)4)8-7-13(11)22-14-6-5-12(9-21-14)25-17(18,19)20/h5-6,9,11,13H,7-8,10H2,1-4H3,(H,21,22). The van der Waals surface area contributed by atoms with Crippen molar-refractivity contribution in [2.45, 2.75) is 52.1 Å². The van der Waals surface area contributed by atoms with Crippen molar-refractivity contribution in [2.75, 3.05) is 18.4 Å². The lowest BCUT2D eigenvalue weighted by Gasteiger charge is -2.38. The van der Waals surface area contributed by atoms with Gasteiger partial charge in [-0.3, -0.25) is 0 Å². The predicted octanol–water partition coefficient (Wildman–Crippen LogP) is 4.04. The SMILES string of the molecule is CC1CN(C(=O)OC(C)(C)C)CCC1Nc1ccc(OC(F)(F)F)cn1. The molecule has 9 heteroatoms. The number of ether oxygens (including phenoxy) is 2. The Kier molecular flexibility index (Phi) is 5.87. The van der Waals surface area contributed by atoms with Gasteiger partial charge >= 0.3 is 12.5 Å². The van der Waals surface area contributed by atoms with Crippen molar-refractivity contribution in [3.63, 3.8) is 0 Å². The van der Waals surface area contributed by atoms with Crippen LogP contribution >= 0.6 is 0 Å². The molecule has 2 heterocycles. The highest BCUT2D eigenvalue weighted by molar-refractivity contribution is 5.68. The number of likely N-dealkylation sites (tertiary alicyclic amines) is 1. The zero-order valence-electron chi connectivity index (χ0n) is 15.3. The van der Waals surface area contributed by atoms with Crippen LogP contribution in [0.1, 0.15) is 34.1 Å². The molecule has 1 amide bonds. The Hall–Kier alpha value is -2.19. The van der Waals surface area contributed by atoms with Crippen molar-refractivity contribution in [1.29, 1.82) is 0 Å². The summed E-state index contributed by atoms with van der Waals surface area (Å²) < 4.78 is 45.7. The van der Waals surface area contributed by atoms with Crippen LogP contribution in [0.3, 0.4) is 0 Å². The van der Waals surface area contributed by atoms with Gasteiger partial charge in [-0.1, -0.05) is 6.92 Å². The van der Waals surface area contributed by atoms with E-state index in [1.54, 1.807) is 4.90 Å². The first kappa shape index (κ1) is 20.1. The first-order valence-corrected chi connectivity index (χ1v) is 8.39. The molecule has 0 spiro atoms. The lowest BCUT2D eigenvalue weighted by Crippen LogP contribution is -2.49. The Bertz CT molecular complexity index is 614. The molecule has 0 aromatic carbocycles. The number of nitrogens with zero attached hydrogens (tertiary/aromatic N) is 2. The summed E-state index contributed by atoms with van der Waals surface area (Å²) in [4.78, 5) is 17.8. The number of nitrogens with one attached hydrogen (secondary N) is 1. The topological polar surface area (TPSA) is 63.7 Å². The number of hydrogen-bond donors (Lipinski definition) is 1. The highest BCUT2D eigenvalue weighted by atomic mass is 19.4. The summed E-state index contributed by atoms with van der Waals surface area (Å²) in [6.07, 6.45) is -3.37. The number of aromatic nitrogens is 1. The van der Waals surface area contributed by atoms with Crippen LogP contribution in [0.4, 0.5) is 23.8 Å². The third-order valence-corrected chi connectivity index (χ3v) is 3.86. The van der Waals surface area contributed by atoms with Gasteiger partial charge in [0.1, 0.15) is 17.2 Å². The van der Waals surface area contributed by atoms with Crippen molar-refractivity contribution in [3.8, 4) is 5.75 Å². The van der Waals surface area contributed by atoms with Crippen LogP contribution in [-0.4, -0.2) is 47.1 Å². The fraction of sp³-hybridized carbons (Fsp3) is 0.647. The lowest BCUT2D eigenvalue weighted by atomic mass is 9.94. The summed E-state index contributed by atoms with van der Waals surface area (Å²) in [5.74, 6) is 0.224. The monoisotopic (exact) mass is 375 g/mol. The number of hydrogen-bond acceptors (Lipinski definition) is 5.